The minimum absolute atomic E-state index is 0.0350. The molecule has 5 nitrogen and oxygen atoms in total. The molecule has 0 saturated carbocycles. The SMILES string of the molecule is C=CC(C)Cn1c(C)c(C)c2ncn(Cc3nccc4ccccc34)c(=O)c21. The van der Waals surface area contributed by atoms with Gasteiger partial charge in [0.1, 0.15) is 5.52 Å². The standard InChI is InChI=1S/C23H24N4O/c1-5-15(2)12-27-17(4)16(3)21-22(27)23(28)26(14-25-21)13-20-19-9-7-6-8-18(19)10-11-24-20/h5-11,14-15H,1,12-13H2,2-4H3. The molecule has 1 unspecified atom stereocenters. The lowest BCUT2D eigenvalue weighted by atomic mass is 10.1. The minimum Gasteiger partial charge on any atom is -0.338 e. The van der Waals surface area contributed by atoms with Gasteiger partial charge in [-0.25, -0.2) is 4.98 Å². The van der Waals surface area contributed by atoms with Crippen molar-refractivity contribution in [3.05, 3.63) is 82.8 Å². The van der Waals surface area contributed by atoms with Crippen molar-refractivity contribution in [3.8, 4) is 0 Å². The maximum Gasteiger partial charge on any atom is 0.278 e. The van der Waals surface area contributed by atoms with E-state index in [9.17, 15) is 4.79 Å². The summed E-state index contributed by atoms with van der Waals surface area (Å²) in [5.74, 6) is 0.265. The Labute approximate surface area is 164 Å². The lowest BCUT2D eigenvalue weighted by Gasteiger charge is -2.12. The predicted octanol–water partition coefficient (Wildman–Crippen LogP) is 4.23. The van der Waals surface area contributed by atoms with Gasteiger partial charge in [0.15, 0.2) is 0 Å². The molecule has 28 heavy (non-hydrogen) atoms. The highest BCUT2D eigenvalue weighted by Crippen LogP contribution is 2.23. The molecule has 142 valence electrons. The number of pyridine rings is 1. The molecule has 4 aromatic rings. The van der Waals surface area contributed by atoms with Crippen LogP contribution in [0.3, 0.4) is 0 Å². The summed E-state index contributed by atoms with van der Waals surface area (Å²) in [6.07, 6.45) is 5.34. The van der Waals surface area contributed by atoms with E-state index in [0.717, 1.165) is 33.2 Å². The average Bonchev–Trinajstić information content (AvgIpc) is 2.95. The molecule has 0 amide bonds. The van der Waals surface area contributed by atoms with E-state index in [2.05, 4.69) is 34.1 Å². The number of hydrogen-bond acceptors (Lipinski definition) is 3. The van der Waals surface area contributed by atoms with E-state index >= 15 is 0 Å². The van der Waals surface area contributed by atoms with Gasteiger partial charge in [-0.3, -0.25) is 14.3 Å². The zero-order valence-corrected chi connectivity index (χ0v) is 16.5. The first-order chi connectivity index (χ1) is 13.5. The minimum atomic E-state index is -0.0350. The normalized spacial score (nSPS) is 12.5. The number of nitrogens with zero attached hydrogens (tertiary/aromatic N) is 4. The van der Waals surface area contributed by atoms with Crippen LogP contribution >= 0.6 is 0 Å². The van der Waals surface area contributed by atoms with Gasteiger partial charge in [0, 0.05) is 23.8 Å². The Morgan fingerprint density at radius 1 is 1.18 bits per heavy atom. The van der Waals surface area contributed by atoms with Crippen LogP contribution in [0.15, 0.2) is 60.3 Å². The average molecular weight is 372 g/mol. The van der Waals surface area contributed by atoms with Gasteiger partial charge >= 0.3 is 0 Å². The number of allylic oxidation sites excluding steroid dienone is 1. The molecule has 5 heteroatoms. The van der Waals surface area contributed by atoms with Gasteiger partial charge in [0.05, 0.1) is 24.1 Å². The molecule has 1 atom stereocenters. The van der Waals surface area contributed by atoms with Crippen LogP contribution in [0.5, 0.6) is 0 Å². The molecular weight excluding hydrogens is 348 g/mol. The summed E-state index contributed by atoms with van der Waals surface area (Å²) < 4.78 is 3.74. The molecule has 0 aliphatic heterocycles. The Balaban J connectivity index is 1.87. The summed E-state index contributed by atoms with van der Waals surface area (Å²) in [4.78, 5) is 22.5. The second kappa shape index (κ2) is 7.08. The molecule has 0 spiro atoms. The molecule has 0 aliphatic rings. The first-order valence-electron chi connectivity index (χ1n) is 9.51. The van der Waals surface area contributed by atoms with Crippen molar-refractivity contribution in [2.45, 2.75) is 33.9 Å². The van der Waals surface area contributed by atoms with Crippen LogP contribution in [0.2, 0.25) is 0 Å². The quantitative estimate of drug-likeness (QED) is 0.493. The molecule has 0 N–H and O–H groups in total. The third kappa shape index (κ3) is 2.93. The third-order valence-corrected chi connectivity index (χ3v) is 5.54. The monoisotopic (exact) mass is 372 g/mol. The van der Waals surface area contributed by atoms with Gasteiger partial charge in [0.2, 0.25) is 0 Å². The van der Waals surface area contributed by atoms with Crippen molar-refractivity contribution in [3.63, 3.8) is 0 Å². The first-order valence-corrected chi connectivity index (χ1v) is 9.51. The highest BCUT2D eigenvalue weighted by molar-refractivity contribution is 5.84. The van der Waals surface area contributed by atoms with E-state index in [4.69, 9.17) is 0 Å². The largest absolute Gasteiger partial charge is 0.338 e. The summed E-state index contributed by atoms with van der Waals surface area (Å²) in [5, 5.41) is 2.17. The van der Waals surface area contributed by atoms with Crippen LogP contribution in [-0.4, -0.2) is 19.1 Å². The van der Waals surface area contributed by atoms with Gasteiger partial charge in [-0.15, -0.1) is 6.58 Å². The van der Waals surface area contributed by atoms with Crippen LogP contribution < -0.4 is 5.56 Å². The van der Waals surface area contributed by atoms with Crippen molar-refractivity contribution in [1.29, 1.82) is 0 Å². The van der Waals surface area contributed by atoms with Crippen molar-refractivity contribution in [1.82, 2.24) is 19.1 Å². The van der Waals surface area contributed by atoms with Gasteiger partial charge < -0.3 is 4.57 Å². The molecule has 0 saturated heterocycles. The van der Waals surface area contributed by atoms with Crippen LogP contribution in [-0.2, 0) is 13.1 Å². The number of aromatic nitrogens is 4. The molecule has 0 aliphatic carbocycles. The molecular formula is C23H24N4O. The fourth-order valence-electron chi connectivity index (χ4n) is 3.71. The number of fused-ring (bicyclic) bond motifs is 2. The molecule has 3 aromatic heterocycles. The molecule has 0 radical (unpaired) electrons. The van der Waals surface area contributed by atoms with E-state index < -0.39 is 0 Å². The van der Waals surface area contributed by atoms with Crippen LogP contribution in [0.25, 0.3) is 21.8 Å². The molecule has 4 rings (SSSR count). The molecule has 0 fully saturated rings. The Morgan fingerprint density at radius 3 is 2.75 bits per heavy atom. The van der Waals surface area contributed by atoms with E-state index in [1.807, 2.05) is 44.2 Å². The Bertz CT molecular complexity index is 1240. The Kier molecular flexibility index (Phi) is 4.59. The van der Waals surface area contributed by atoms with Crippen LogP contribution in [0.1, 0.15) is 23.9 Å². The summed E-state index contributed by atoms with van der Waals surface area (Å²) in [5.41, 5.74) is 4.40. The summed E-state index contributed by atoms with van der Waals surface area (Å²) >= 11 is 0. The van der Waals surface area contributed by atoms with Gasteiger partial charge in [-0.1, -0.05) is 37.3 Å². The fraction of sp³-hybridized carbons (Fsp3) is 0.261. The third-order valence-electron chi connectivity index (χ3n) is 5.54. The highest BCUT2D eigenvalue weighted by atomic mass is 16.1. The summed E-state index contributed by atoms with van der Waals surface area (Å²) in [6, 6.07) is 10.1. The zero-order valence-electron chi connectivity index (χ0n) is 16.5. The second-order valence-corrected chi connectivity index (χ2v) is 7.39. The van der Waals surface area contributed by atoms with E-state index in [-0.39, 0.29) is 11.5 Å². The van der Waals surface area contributed by atoms with Crippen molar-refractivity contribution in [2.75, 3.05) is 0 Å². The highest BCUT2D eigenvalue weighted by Gasteiger charge is 2.18. The number of aryl methyl sites for hydroxylation is 1. The van der Waals surface area contributed by atoms with E-state index in [0.29, 0.717) is 18.6 Å². The summed E-state index contributed by atoms with van der Waals surface area (Å²) in [7, 11) is 0. The first kappa shape index (κ1) is 18.2. The van der Waals surface area contributed by atoms with E-state index in [1.165, 1.54) is 0 Å². The molecule has 1 aromatic carbocycles. The molecule has 3 heterocycles. The van der Waals surface area contributed by atoms with Gasteiger partial charge in [-0.05, 0) is 36.8 Å². The van der Waals surface area contributed by atoms with Crippen molar-refractivity contribution in [2.24, 2.45) is 5.92 Å². The smallest absolute Gasteiger partial charge is 0.278 e. The lowest BCUT2D eigenvalue weighted by molar-refractivity contribution is 0.572. The van der Waals surface area contributed by atoms with Crippen LogP contribution in [0.4, 0.5) is 0 Å². The van der Waals surface area contributed by atoms with Crippen molar-refractivity contribution < 1.29 is 0 Å². The second-order valence-electron chi connectivity index (χ2n) is 7.39. The maximum absolute atomic E-state index is 13.4. The number of hydrogen-bond donors (Lipinski definition) is 0. The fourth-order valence-corrected chi connectivity index (χ4v) is 3.71. The molecule has 0 bridgehead atoms. The van der Waals surface area contributed by atoms with Gasteiger partial charge in [-0.2, -0.15) is 0 Å². The zero-order chi connectivity index (χ0) is 19.8. The van der Waals surface area contributed by atoms with Crippen LogP contribution in [0, 0.1) is 19.8 Å². The Morgan fingerprint density at radius 2 is 1.96 bits per heavy atom. The maximum atomic E-state index is 13.4. The summed E-state index contributed by atoms with van der Waals surface area (Å²) in [6.45, 7) is 11.2. The van der Waals surface area contributed by atoms with Gasteiger partial charge in [0.25, 0.3) is 5.56 Å². The predicted molar refractivity (Wildman–Crippen MR) is 114 cm³/mol. The van der Waals surface area contributed by atoms with E-state index in [1.54, 1.807) is 17.1 Å². The number of benzene rings is 1. The number of rotatable bonds is 5. The topological polar surface area (TPSA) is 52.7 Å². The lowest BCUT2D eigenvalue weighted by Crippen LogP contribution is -2.24. The van der Waals surface area contributed by atoms with Crippen molar-refractivity contribution >= 4 is 21.8 Å². The Hall–Kier alpha value is -3.21.